The maximum absolute atomic E-state index is 13.3. The van der Waals surface area contributed by atoms with Crippen LogP contribution in [0.2, 0.25) is 0 Å². The number of fused-ring (bicyclic) bond motifs is 1. The third-order valence-corrected chi connectivity index (χ3v) is 6.75. The molecule has 0 radical (unpaired) electrons. The molecular formula is C23H20N2O3S. The Morgan fingerprint density at radius 2 is 1.45 bits per heavy atom. The highest BCUT2D eigenvalue weighted by atomic mass is 32.2. The van der Waals surface area contributed by atoms with Crippen LogP contribution in [0.1, 0.15) is 16.7 Å². The number of benzene rings is 3. The zero-order chi connectivity index (χ0) is 20.4. The molecule has 0 atom stereocenters. The van der Waals surface area contributed by atoms with Gasteiger partial charge in [0, 0.05) is 24.7 Å². The summed E-state index contributed by atoms with van der Waals surface area (Å²) in [5.74, 6) is -0.617. The van der Waals surface area contributed by atoms with E-state index in [-0.39, 0.29) is 11.4 Å². The Balaban J connectivity index is 1.87. The Morgan fingerprint density at radius 3 is 2.14 bits per heavy atom. The molecule has 1 heterocycles. The van der Waals surface area contributed by atoms with Gasteiger partial charge in [-0.2, -0.15) is 0 Å². The van der Waals surface area contributed by atoms with Gasteiger partial charge in [-0.25, -0.2) is 8.42 Å². The number of amides is 1. The van der Waals surface area contributed by atoms with Gasteiger partial charge in [-0.15, -0.1) is 0 Å². The highest BCUT2D eigenvalue weighted by molar-refractivity contribution is 7.97. The molecule has 3 aromatic carbocycles. The summed E-state index contributed by atoms with van der Waals surface area (Å²) < 4.78 is 27.8. The first-order valence-electron chi connectivity index (χ1n) is 9.20. The monoisotopic (exact) mass is 404 g/mol. The predicted molar refractivity (Wildman–Crippen MR) is 115 cm³/mol. The number of sulfonamides is 1. The van der Waals surface area contributed by atoms with E-state index in [0.717, 1.165) is 5.56 Å². The van der Waals surface area contributed by atoms with E-state index in [9.17, 15) is 13.2 Å². The summed E-state index contributed by atoms with van der Waals surface area (Å²) in [6.45, 7) is 0.242. The molecule has 0 unspecified atom stereocenters. The predicted octanol–water partition coefficient (Wildman–Crippen LogP) is 3.54. The Hall–Kier alpha value is -3.38. The summed E-state index contributed by atoms with van der Waals surface area (Å²) in [6, 6.07) is 25.7. The third kappa shape index (κ3) is 3.43. The van der Waals surface area contributed by atoms with Gasteiger partial charge in [0.05, 0.1) is 5.69 Å². The van der Waals surface area contributed by atoms with E-state index in [1.807, 2.05) is 72.8 Å². The van der Waals surface area contributed by atoms with Crippen molar-refractivity contribution >= 4 is 27.2 Å². The SMILES string of the molecule is CN1c2ccccc2C(c2ccccc2)=C(C(=O)NCc2ccccc2)S1(=O)=O. The van der Waals surface area contributed by atoms with Gasteiger partial charge in [-0.3, -0.25) is 9.10 Å². The molecular weight excluding hydrogens is 384 g/mol. The van der Waals surface area contributed by atoms with E-state index in [4.69, 9.17) is 0 Å². The van der Waals surface area contributed by atoms with Crippen molar-refractivity contribution in [2.75, 3.05) is 11.4 Å². The fourth-order valence-corrected chi connectivity index (χ4v) is 4.94. The molecule has 3 aromatic rings. The first-order chi connectivity index (χ1) is 14.0. The molecule has 0 fully saturated rings. The minimum Gasteiger partial charge on any atom is -0.347 e. The van der Waals surface area contributed by atoms with Gasteiger partial charge >= 0.3 is 0 Å². The van der Waals surface area contributed by atoms with Crippen LogP contribution in [0.15, 0.2) is 89.8 Å². The van der Waals surface area contributed by atoms with Crippen molar-refractivity contribution in [3.05, 3.63) is 107 Å². The smallest absolute Gasteiger partial charge is 0.270 e. The van der Waals surface area contributed by atoms with Crippen LogP contribution in [0.3, 0.4) is 0 Å². The molecule has 1 amide bonds. The minimum atomic E-state index is -4.02. The Kier molecular flexibility index (Phi) is 4.94. The molecule has 0 saturated heterocycles. The molecule has 5 nitrogen and oxygen atoms in total. The maximum Gasteiger partial charge on any atom is 0.270 e. The number of hydrogen-bond donors (Lipinski definition) is 1. The number of para-hydroxylation sites is 1. The number of anilines is 1. The number of rotatable bonds is 4. The lowest BCUT2D eigenvalue weighted by atomic mass is 9.95. The second kappa shape index (κ2) is 7.56. The zero-order valence-corrected chi connectivity index (χ0v) is 16.7. The van der Waals surface area contributed by atoms with Gasteiger partial charge in [0.2, 0.25) is 0 Å². The lowest BCUT2D eigenvalue weighted by Crippen LogP contribution is -2.39. The second-order valence-corrected chi connectivity index (χ2v) is 8.63. The topological polar surface area (TPSA) is 66.5 Å². The van der Waals surface area contributed by atoms with Crippen LogP contribution in [0, 0.1) is 0 Å². The lowest BCUT2D eigenvalue weighted by Gasteiger charge is -2.30. The van der Waals surface area contributed by atoms with Crippen LogP contribution in [0.5, 0.6) is 0 Å². The first kappa shape index (κ1) is 19.0. The highest BCUT2D eigenvalue weighted by Crippen LogP contribution is 2.41. The van der Waals surface area contributed by atoms with E-state index in [2.05, 4.69) is 5.32 Å². The van der Waals surface area contributed by atoms with Crippen molar-refractivity contribution in [3.8, 4) is 0 Å². The summed E-state index contributed by atoms with van der Waals surface area (Å²) in [5, 5.41) is 2.77. The van der Waals surface area contributed by atoms with E-state index >= 15 is 0 Å². The van der Waals surface area contributed by atoms with Gasteiger partial charge in [0.25, 0.3) is 15.9 Å². The molecule has 0 spiro atoms. The van der Waals surface area contributed by atoms with Crippen molar-refractivity contribution in [1.29, 1.82) is 0 Å². The second-order valence-electron chi connectivity index (χ2n) is 6.73. The largest absolute Gasteiger partial charge is 0.347 e. The molecule has 1 N–H and O–H groups in total. The van der Waals surface area contributed by atoms with Gasteiger partial charge in [0.1, 0.15) is 0 Å². The van der Waals surface area contributed by atoms with Crippen molar-refractivity contribution in [2.45, 2.75) is 6.54 Å². The maximum atomic E-state index is 13.3. The lowest BCUT2D eigenvalue weighted by molar-refractivity contribution is -0.116. The summed E-state index contributed by atoms with van der Waals surface area (Å²) in [4.78, 5) is 12.9. The van der Waals surface area contributed by atoms with E-state index in [0.29, 0.717) is 22.4 Å². The summed E-state index contributed by atoms with van der Waals surface area (Å²) in [5.41, 5.74) is 3.25. The molecule has 4 rings (SSSR count). The number of nitrogens with zero attached hydrogens (tertiary/aromatic N) is 1. The average Bonchev–Trinajstić information content (AvgIpc) is 2.76. The van der Waals surface area contributed by atoms with Gasteiger partial charge < -0.3 is 5.32 Å². The minimum absolute atomic E-state index is 0.235. The van der Waals surface area contributed by atoms with Crippen molar-refractivity contribution < 1.29 is 13.2 Å². The van der Waals surface area contributed by atoms with Crippen molar-refractivity contribution in [1.82, 2.24) is 5.32 Å². The first-order valence-corrected chi connectivity index (χ1v) is 10.6. The van der Waals surface area contributed by atoms with Crippen LogP contribution in [0.25, 0.3) is 5.57 Å². The van der Waals surface area contributed by atoms with Gasteiger partial charge in [0.15, 0.2) is 4.91 Å². The number of hydrogen-bond acceptors (Lipinski definition) is 3. The Bertz CT molecular complexity index is 1190. The highest BCUT2D eigenvalue weighted by Gasteiger charge is 2.39. The van der Waals surface area contributed by atoms with Crippen molar-refractivity contribution in [3.63, 3.8) is 0 Å². The summed E-state index contributed by atoms with van der Waals surface area (Å²) >= 11 is 0. The number of carbonyl (C=O) groups is 1. The van der Waals surface area contributed by atoms with Gasteiger partial charge in [-0.05, 0) is 17.2 Å². The molecule has 0 aromatic heterocycles. The zero-order valence-electron chi connectivity index (χ0n) is 15.9. The summed E-state index contributed by atoms with van der Waals surface area (Å²) in [7, 11) is -2.54. The molecule has 1 aliphatic rings. The van der Waals surface area contributed by atoms with E-state index in [1.54, 1.807) is 12.1 Å². The van der Waals surface area contributed by atoms with E-state index in [1.165, 1.54) is 11.4 Å². The van der Waals surface area contributed by atoms with Crippen LogP contribution < -0.4 is 9.62 Å². The molecule has 0 saturated carbocycles. The Labute approximate surface area is 170 Å². The van der Waals surface area contributed by atoms with Crippen LogP contribution in [-0.4, -0.2) is 21.4 Å². The fraction of sp³-hybridized carbons (Fsp3) is 0.0870. The van der Waals surface area contributed by atoms with E-state index < -0.39 is 15.9 Å². The molecule has 29 heavy (non-hydrogen) atoms. The van der Waals surface area contributed by atoms with Crippen LogP contribution >= 0.6 is 0 Å². The van der Waals surface area contributed by atoms with Crippen LogP contribution in [-0.2, 0) is 21.4 Å². The van der Waals surface area contributed by atoms with Crippen molar-refractivity contribution in [2.24, 2.45) is 0 Å². The standard InChI is InChI=1S/C23H20N2O3S/c1-25-20-15-9-8-14-19(20)21(18-12-6-3-7-13-18)22(29(25,27)28)23(26)24-16-17-10-4-2-5-11-17/h2-15H,16H2,1H3,(H,24,26). The molecule has 1 aliphatic heterocycles. The molecule has 146 valence electrons. The quantitative estimate of drug-likeness (QED) is 0.723. The normalized spacial score (nSPS) is 15.0. The summed E-state index contributed by atoms with van der Waals surface area (Å²) in [6.07, 6.45) is 0. The number of carbonyl (C=O) groups excluding carboxylic acids is 1. The van der Waals surface area contributed by atoms with Gasteiger partial charge in [-0.1, -0.05) is 78.9 Å². The fourth-order valence-electron chi connectivity index (χ4n) is 3.46. The van der Waals surface area contributed by atoms with Crippen LogP contribution in [0.4, 0.5) is 5.69 Å². The molecule has 0 aliphatic carbocycles. The number of nitrogens with one attached hydrogen (secondary N) is 1. The third-order valence-electron chi connectivity index (χ3n) is 4.92. The molecule has 0 bridgehead atoms. The average molecular weight is 404 g/mol. The molecule has 6 heteroatoms. The Morgan fingerprint density at radius 1 is 0.862 bits per heavy atom.